The van der Waals surface area contributed by atoms with Crippen LogP contribution in [0.3, 0.4) is 0 Å². The average Bonchev–Trinajstić information content (AvgIpc) is 3.05. The molecule has 1 aromatic heterocycles. The maximum absolute atomic E-state index is 13.4. The van der Waals surface area contributed by atoms with Gasteiger partial charge in [-0.15, -0.1) is 0 Å². The summed E-state index contributed by atoms with van der Waals surface area (Å²) in [5.41, 5.74) is 4.15. The number of aryl methyl sites for hydroxylation is 1. The Morgan fingerprint density at radius 1 is 0.931 bits per heavy atom. The van der Waals surface area contributed by atoms with E-state index >= 15 is 0 Å². The number of anilines is 1. The van der Waals surface area contributed by atoms with E-state index in [1.54, 1.807) is 10.6 Å². The number of nitrogens with one attached hydrogen (secondary N) is 1. The van der Waals surface area contributed by atoms with Crippen molar-refractivity contribution in [3.8, 4) is 5.69 Å². The molecule has 142 valence electrons. The van der Waals surface area contributed by atoms with Gasteiger partial charge in [-0.05, 0) is 42.8 Å². The largest absolute Gasteiger partial charge is 0.325 e. The van der Waals surface area contributed by atoms with Crippen LogP contribution in [-0.4, -0.2) is 15.5 Å². The molecule has 1 atom stereocenters. The Morgan fingerprint density at radius 2 is 1.66 bits per heavy atom. The maximum Gasteiger partial charge on any atom is 0.265 e. The van der Waals surface area contributed by atoms with E-state index in [4.69, 9.17) is 4.98 Å². The minimum Gasteiger partial charge on any atom is -0.325 e. The first-order chi connectivity index (χ1) is 14.1. The lowest BCUT2D eigenvalue weighted by Crippen LogP contribution is -2.26. The van der Waals surface area contributed by atoms with Crippen molar-refractivity contribution in [2.45, 2.75) is 19.3 Å². The van der Waals surface area contributed by atoms with Crippen molar-refractivity contribution in [3.05, 3.63) is 100 Å². The molecule has 0 fully saturated rings. The first-order valence-corrected chi connectivity index (χ1v) is 9.59. The SMILES string of the molecule is Cc1ccc(-n2c(C[C@H]3C(=O)Nc4ccccc43)nc3ccccc3c2=O)cc1. The number of rotatable bonds is 3. The van der Waals surface area contributed by atoms with Crippen molar-refractivity contribution in [1.29, 1.82) is 0 Å². The molecule has 29 heavy (non-hydrogen) atoms. The number of nitrogens with zero attached hydrogens (tertiary/aromatic N) is 2. The van der Waals surface area contributed by atoms with E-state index in [0.29, 0.717) is 23.1 Å². The highest BCUT2D eigenvalue weighted by Crippen LogP contribution is 2.34. The van der Waals surface area contributed by atoms with Gasteiger partial charge in [-0.3, -0.25) is 14.2 Å². The van der Waals surface area contributed by atoms with Gasteiger partial charge in [-0.1, -0.05) is 48.0 Å². The Balaban J connectivity index is 1.71. The van der Waals surface area contributed by atoms with Crippen molar-refractivity contribution in [2.24, 2.45) is 0 Å². The summed E-state index contributed by atoms with van der Waals surface area (Å²) in [4.78, 5) is 30.8. The van der Waals surface area contributed by atoms with Gasteiger partial charge in [-0.25, -0.2) is 4.98 Å². The van der Waals surface area contributed by atoms with Crippen LogP contribution in [0.4, 0.5) is 5.69 Å². The maximum atomic E-state index is 13.4. The number of aromatic nitrogens is 2. The molecule has 5 rings (SSSR count). The van der Waals surface area contributed by atoms with Crippen LogP contribution in [-0.2, 0) is 11.2 Å². The molecular weight excluding hydrogens is 362 g/mol. The van der Waals surface area contributed by atoms with Crippen molar-refractivity contribution in [2.75, 3.05) is 5.32 Å². The third-order valence-corrected chi connectivity index (χ3v) is 5.43. The molecule has 0 saturated carbocycles. The Labute approximate surface area is 167 Å². The van der Waals surface area contributed by atoms with Gasteiger partial charge in [0.05, 0.1) is 22.5 Å². The molecule has 2 heterocycles. The predicted molar refractivity (Wildman–Crippen MR) is 114 cm³/mol. The summed E-state index contributed by atoms with van der Waals surface area (Å²) in [6.45, 7) is 2.01. The van der Waals surface area contributed by atoms with Crippen LogP contribution < -0.4 is 10.9 Å². The number of fused-ring (bicyclic) bond motifs is 2. The lowest BCUT2D eigenvalue weighted by atomic mass is 9.96. The second-order valence-electron chi connectivity index (χ2n) is 7.35. The third-order valence-electron chi connectivity index (χ3n) is 5.43. The summed E-state index contributed by atoms with van der Waals surface area (Å²) in [6, 6.07) is 22.8. The molecule has 0 spiro atoms. The third kappa shape index (κ3) is 2.91. The van der Waals surface area contributed by atoms with Gasteiger partial charge < -0.3 is 5.32 Å². The number of benzene rings is 3. The Morgan fingerprint density at radius 3 is 2.48 bits per heavy atom. The quantitative estimate of drug-likeness (QED) is 0.584. The van der Waals surface area contributed by atoms with Crippen molar-refractivity contribution >= 4 is 22.5 Å². The van der Waals surface area contributed by atoms with E-state index in [0.717, 1.165) is 22.5 Å². The molecule has 1 amide bonds. The zero-order valence-electron chi connectivity index (χ0n) is 15.9. The zero-order valence-corrected chi connectivity index (χ0v) is 15.9. The Hall–Kier alpha value is -3.73. The van der Waals surface area contributed by atoms with E-state index in [1.807, 2.05) is 73.7 Å². The summed E-state index contributed by atoms with van der Waals surface area (Å²) < 4.78 is 1.63. The van der Waals surface area contributed by atoms with Crippen LogP contribution in [0.2, 0.25) is 0 Å². The monoisotopic (exact) mass is 381 g/mol. The highest BCUT2D eigenvalue weighted by molar-refractivity contribution is 6.03. The molecule has 0 radical (unpaired) electrons. The summed E-state index contributed by atoms with van der Waals surface area (Å²) in [6.07, 6.45) is 0.344. The molecule has 4 aromatic rings. The normalized spacial score (nSPS) is 15.3. The van der Waals surface area contributed by atoms with Gasteiger partial charge in [-0.2, -0.15) is 0 Å². The van der Waals surface area contributed by atoms with Crippen molar-refractivity contribution < 1.29 is 4.79 Å². The summed E-state index contributed by atoms with van der Waals surface area (Å²) >= 11 is 0. The summed E-state index contributed by atoms with van der Waals surface area (Å²) in [7, 11) is 0. The van der Waals surface area contributed by atoms with E-state index in [-0.39, 0.29) is 17.4 Å². The van der Waals surface area contributed by atoms with Crippen molar-refractivity contribution in [1.82, 2.24) is 9.55 Å². The standard InChI is InChI=1S/C24H19N3O2/c1-15-10-12-16(13-11-15)27-22(25-21-9-5-3-7-18(21)24(27)29)14-19-17-6-2-4-8-20(17)26-23(19)28/h2-13,19H,14H2,1H3,(H,26,28)/t19-/m1/s1. The average molecular weight is 381 g/mol. The van der Waals surface area contributed by atoms with Crippen LogP contribution in [0.15, 0.2) is 77.6 Å². The number of amides is 1. The molecule has 0 unspecified atom stereocenters. The van der Waals surface area contributed by atoms with Gasteiger partial charge in [0.2, 0.25) is 5.91 Å². The molecular formula is C24H19N3O2. The van der Waals surface area contributed by atoms with Crippen LogP contribution in [0.1, 0.15) is 22.9 Å². The number of carbonyl (C=O) groups is 1. The number of hydrogen-bond donors (Lipinski definition) is 1. The first-order valence-electron chi connectivity index (χ1n) is 9.59. The molecule has 5 heteroatoms. The van der Waals surface area contributed by atoms with Gasteiger partial charge in [0.25, 0.3) is 5.56 Å². The number of para-hydroxylation sites is 2. The molecule has 0 bridgehead atoms. The van der Waals surface area contributed by atoms with Gasteiger partial charge in [0.1, 0.15) is 5.82 Å². The fourth-order valence-corrected chi connectivity index (χ4v) is 3.94. The van der Waals surface area contributed by atoms with Gasteiger partial charge in [0, 0.05) is 12.1 Å². The topological polar surface area (TPSA) is 64.0 Å². The Bertz CT molecular complexity index is 1310. The second kappa shape index (κ2) is 6.71. The molecule has 5 nitrogen and oxygen atoms in total. The first kappa shape index (κ1) is 17.4. The summed E-state index contributed by atoms with van der Waals surface area (Å²) in [5.74, 6) is 0.134. The van der Waals surface area contributed by atoms with E-state index < -0.39 is 0 Å². The zero-order chi connectivity index (χ0) is 20.0. The second-order valence-corrected chi connectivity index (χ2v) is 7.35. The van der Waals surface area contributed by atoms with Crippen LogP contribution in [0.25, 0.3) is 16.6 Å². The highest BCUT2D eigenvalue weighted by Gasteiger charge is 2.31. The molecule has 3 aromatic carbocycles. The minimum atomic E-state index is -0.379. The van der Waals surface area contributed by atoms with Crippen LogP contribution in [0.5, 0.6) is 0 Å². The number of carbonyl (C=O) groups excluding carboxylic acids is 1. The van der Waals surface area contributed by atoms with Crippen molar-refractivity contribution in [3.63, 3.8) is 0 Å². The lowest BCUT2D eigenvalue weighted by Gasteiger charge is -2.16. The number of hydrogen-bond acceptors (Lipinski definition) is 3. The lowest BCUT2D eigenvalue weighted by molar-refractivity contribution is -0.117. The molecule has 1 N–H and O–H groups in total. The van der Waals surface area contributed by atoms with Gasteiger partial charge >= 0.3 is 0 Å². The molecule has 0 saturated heterocycles. The van der Waals surface area contributed by atoms with Gasteiger partial charge in [0.15, 0.2) is 0 Å². The molecule has 0 aliphatic carbocycles. The summed E-state index contributed by atoms with van der Waals surface area (Å²) in [5, 5.41) is 3.50. The molecule has 1 aliphatic heterocycles. The van der Waals surface area contributed by atoms with Crippen LogP contribution >= 0.6 is 0 Å². The van der Waals surface area contributed by atoms with E-state index in [2.05, 4.69) is 5.32 Å². The van der Waals surface area contributed by atoms with E-state index in [9.17, 15) is 9.59 Å². The Kier molecular flexibility index (Phi) is 4.02. The van der Waals surface area contributed by atoms with E-state index in [1.165, 1.54) is 0 Å². The minimum absolute atomic E-state index is 0.0657. The van der Waals surface area contributed by atoms with Crippen LogP contribution in [0, 0.1) is 6.92 Å². The fraction of sp³-hybridized carbons (Fsp3) is 0.125. The fourth-order valence-electron chi connectivity index (χ4n) is 3.94. The molecule has 1 aliphatic rings. The smallest absolute Gasteiger partial charge is 0.265 e. The predicted octanol–water partition coefficient (Wildman–Crippen LogP) is 3.97. The highest BCUT2D eigenvalue weighted by atomic mass is 16.2.